The van der Waals surface area contributed by atoms with Gasteiger partial charge >= 0.3 is 0 Å². The number of methoxy groups -OCH3 is 1. The first-order valence-electron chi connectivity index (χ1n) is 9.77. The van der Waals surface area contributed by atoms with E-state index >= 15 is 0 Å². The van der Waals surface area contributed by atoms with Gasteiger partial charge in [-0.3, -0.25) is 4.79 Å². The Kier molecular flexibility index (Phi) is 5.78. The lowest BCUT2D eigenvalue weighted by Gasteiger charge is -2.13. The highest BCUT2D eigenvalue weighted by Crippen LogP contribution is 2.41. The van der Waals surface area contributed by atoms with E-state index in [0.717, 1.165) is 0 Å². The normalized spacial score (nSPS) is 12.4. The van der Waals surface area contributed by atoms with Crippen LogP contribution >= 0.6 is 0 Å². The molecule has 6 heteroatoms. The van der Waals surface area contributed by atoms with Crippen LogP contribution in [0, 0.1) is 11.8 Å². The van der Waals surface area contributed by atoms with E-state index in [1.54, 1.807) is 18.2 Å². The van der Waals surface area contributed by atoms with Gasteiger partial charge in [0, 0.05) is 17.7 Å². The molecule has 0 unspecified atom stereocenters. The van der Waals surface area contributed by atoms with Crippen LogP contribution in [0.4, 0.5) is 0 Å². The Balaban J connectivity index is 2.49. The van der Waals surface area contributed by atoms with Gasteiger partial charge in [0.1, 0.15) is 28.1 Å². The van der Waals surface area contributed by atoms with Gasteiger partial charge in [0.05, 0.1) is 18.1 Å². The standard InChI is InChI=1S/C24H26O6/c1-12(2)6-8-14-16(25)10-19-21(22(14)27)23(28)20-15(9-7-13(3)4)24(29-5)17(26)11-18(20)30-19/h6-13,25-27H,1-5H3/b8-6+,9-7+. The van der Waals surface area contributed by atoms with Crippen molar-refractivity contribution in [3.63, 3.8) is 0 Å². The summed E-state index contributed by atoms with van der Waals surface area (Å²) in [5.74, 6) is -0.226. The largest absolute Gasteiger partial charge is 0.507 e. The number of benzene rings is 2. The van der Waals surface area contributed by atoms with Gasteiger partial charge in [-0.05, 0) is 11.8 Å². The number of fused-ring (bicyclic) bond motifs is 2. The van der Waals surface area contributed by atoms with Crippen LogP contribution in [0.15, 0.2) is 33.5 Å². The minimum absolute atomic E-state index is 0.0209. The molecule has 1 heterocycles. The lowest BCUT2D eigenvalue weighted by atomic mass is 10.0. The van der Waals surface area contributed by atoms with Crippen molar-refractivity contribution in [3.05, 3.63) is 45.6 Å². The van der Waals surface area contributed by atoms with E-state index in [-0.39, 0.29) is 62.3 Å². The number of phenolic OH excluding ortho intramolecular Hbond substituents is 3. The minimum atomic E-state index is -0.482. The lowest BCUT2D eigenvalue weighted by Crippen LogP contribution is -2.06. The van der Waals surface area contributed by atoms with E-state index in [4.69, 9.17) is 9.15 Å². The van der Waals surface area contributed by atoms with Crippen molar-refractivity contribution >= 4 is 34.1 Å². The van der Waals surface area contributed by atoms with E-state index in [2.05, 4.69) is 0 Å². The van der Waals surface area contributed by atoms with Gasteiger partial charge in [0.15, 0.2) is 11.5 Å². The Morgan fingerprint density at radius 1 is 0.867 bits per heavy atom. The van der Waals surface area contributed by atoms with Crippen molar-refractivity contribution in [2.45, 2.75) is 27.7 Å². The molecular formula is C24H26O6. The summed E-state index contributed by atoms with van der Waals surface area (Å²) >= 11 is 0. The van der Waals surface area contributed by atoms with Crippen LogP contribution in [0.1, 0.15) is 38.8 Å². The molecule has 0 saturated carbocycles. The number of phenols is 3. The fourth-order valence-corrected chi connectivity index (χ4v) is 3.27. The number of aromatic hydroxyl groups is 3. The highest BCUT2D eigenvalue weighted by molar-refractivity contribution is 6.01. The van der Waals surface area contributed by atoms with Crippen LogP contribution in [0.25, 0.3) is 34.1 Å². The first-order valence-corrected chi connectivity index (χ1v) is 9.77. The van der Waals surface area contributed by atoms with E-state index < -0.39 is 5.43 Å². The highest BCUT2D eigenvalue weighted by atomic mass is 16.5. The van der Waals surface area contributed by atoms with Gasteiger partial charge in [0.25, 0.3) is 0 Å². The van der Waals surface area contributed by atoms with Crippen LogP contribution in [-0.4, -0.2) is 22.4 Å². The summed E-state index contributed by atoms with van der Waals surface area (Å²) in [6.45, 7) is 7.88. The smallest absolute Gasteiger partial charge is 0.205 e. The van der Waals surface area contributed by atoms with Crippen molar-refractivity contribution in [2.75, 3.05) is 7.11 Å². The molecule has 0 radical (unpaired) electrons. The average molecular weight is 410 g/mol. The van der Waals surface area contributed by atoms with E-state index in [0.29, 0.717) is 5.56 Å². The quantitative estimate of drug-likeness (QED) is 0.486. The Hall–Kier alpha value is -3.41. The second-order valence-corrected chi connectivity index (χ2v) is 7.88. The van der Waals surface area contributed by atoms with Gasteiger partial charge in [-0.1, -0.05) is 52.0 Å². The average Bonchev–Trinajstić information content (AvgIpc) is 2.64. The lowest BCUT2D eigenvalue weighted by molar-refractivity contribution is 0.373. The summed E-state index contributed by atoms with van der Waals surface area (Å²) in [7, 11) is 1.40. The van der Waals surface area contributed by atoms with Crippen LogP contribution in [-0.2, 0) is 0 Å². The van der Waals surface area contributed by atoms with Gasteiger partial charge in [0.2, 0.25) is 5.43 Å². The second-order valence-electron chi connectivity index (χ2n) is 7.88. The first-order chi connectivity index (χ1) is 14.1. The number of ether oxygens (including phenoxy) is 1. The van der Waals surface area contributed by atoms with Crippen LogP contribution in [0.2, 0.25) is 0 Å². The van der Waals surface area contributed by atoms with Crippen LogP contribution in [0.3, 0.4) is 0 Å². The molecule has 3 rings (SSSR count). The zero-order valence-corrected chi connectivity index (χ0v) is 17.7. The SMILES string of the molecule is COc1c(O)cc2oc3cc(O)c(/C=C/C(C)C)c(O)c3c(=O)c2c1/C=C/C(C)C. The third kappa shape index (κ3) is 3.73. The van der Waals surface area contributed by atoms with Crippen molar-refractivity contribution in [1.82, 2.24) is 0 Å². The second kappa shape index (κ2) is 8.14. The third-order valence-electron chi connectivity index (χ3n) is 4.72. The van der Waals surface area contributed by atoms with E-state index in [1.807, 2.05) is 33.8 Å². The fourth-order valence-electron chi connectivity index (χ4n) is 3.27. The zero-order valence-electron chi connectivity index (χ0n) is 17.7. The van der Waals surface area contributed by atoms with E-state index in [9.17, 15) is 20.1 Å². The topological polar surface area (TPSA) is 100 Å². The van der Waals surface area contributed by atoms with Gasteiger partial charge in [-0.15, -0.1) is 0 Å². The molecule has 0 spiro atoms. The molecule has 0 bridgehead atoms. The van der Waals surface area contributed by atoms with Crippen molar-refractivity contribution < 1.29 is 24.5 Å². The maximum atomic E-state index is 13.5. The summed E-state index contributed by atoms with van der Waals surface area (Å²) < 4.78 is 11.1. The van der Waals surface area contributed by atoms with Crippen molar-refractivity contribution in [1.29, 1.82) is 0 Å². The molecular weight excluding hydrogens is 384 g/mol. The molecule has 2 aromatic carbocycles. The molecule has 158 valence electrons. The summed E-state index contributed by atoms with van der Waals surface area (Å²) in [5, 5.41) is 31.6. The number of rotatable bonds is 5. The fraction of sp³-hybridized carbons (Fsp3) is 0.292. The number of allylic oxidation sites excluding steroid dienone is 2. The van der Waals surface area contributed by atoms with Gasteiger partial charge in [-0.2, -0.15) is 0 Å². The molecule has 0 saturated heterocycles. The van der Waals surface area contributed by atoms with Gasteiger partial charge < -0.3 is 24.5 Å². The zero-order chi connectivity index (χ0) is 22.2. The molecule has 0 aliphatic carbocycles. The Morgan fingerprint density at radius 2 is 1.40 bits per heavy atom. The molecule has 1 aromatic heterocycles. The molecule has 30 heavy (non-hydrogen) atoms. The van der Waals surface area contributed by atoms with Crippen LogP contribution in [0.5, 0.6) is 23.0 Å². The molecule has 0 atom stereocenters. The predicted molar refractivity (Wildman–Crippen MR) is 119 cm³/mol. The highest BCUT2D eigenvalue weighted by Gasteiger charge is 2.22. The minimum Gasteiger partial charge on any atom is -0.507 e. The Morgan fingerprint density at radius 3 is 1.97 bits per heavy atom. The van der Waals surface area contributed by atoms with Crippen molar-refractivity contribution in [2.24, 2.45) is 11.8 Å². The summed E-state index contributed by atoms with van der Waals surface area (Å²) in [6, 6.07) is 2.59. The Bertz CT molecular complexity index is 1230. The summed E-state index contributed by atoms with van der Waals surface area (Å²) in [4.78, 5) is 13.5. The molecule has 0 aliphatic heterocycles. The van der Waals surface area contributed by atoms with E-state index in [1.165, 1.54) is 19.2 Å². The van der Waals surface area contributed by atoms with Gasteiger partial charge in [-0.25, -0.2) is 0 Å². The molecule has 0 aliphatic rings. The number of hydrogen-bond donors (Lipinski definition) is 3. The predicted octanol–water partition coefficient (Wildman–Crippen LogP) is 5.41. The summed E-state index contributed by atoms with van der Waals surface area (Å²) in [5.41, 5.74) is 0.173. The monoisotopic (exact) mass is 410 g/mol. The maximum absolute atomic E-state index is 13.5. The summed E-state index contributed by atoms with van der Waals surface area (Å²) in [6.07, 6.45) is 6.95. The third-order valence-corrected chi connectivity index (χ3v) is 4.72. The van der Waals surface area contributed by atoms with Crippen molar-refractivity contribution in [3.8, 4) is 23.0 Å². The maximum Gasteiger partial charge on any atom is 0.205 e. The van der Waals surface area contributed by atoms with Crippen LogP contribution < -0.4 is 10.2 Å². The molecule has 0 fully saturated rings. The molecule has 6 nitrogen and oxygen atoms in total. The number of hydrogen-bond acceptors (Lipinski definition) is 6. The molecule has 3 aromatic rings. The first kappa shape index (κ1) is 21.3. The Labute approximate surface area is 174 Å². The molecule has 0 amide bonds. The molecule has 3 N–H and O–H groups in total.